The van der Waals surface area contributed by atoms with Crippen molar-refractivity contribution in [3.05, 3.63) is 0 Å². The highest BCUT2D eigenvalue weighted by Gasteiger charge is 2.15. The summed E-state index contributed by atoms with van der Waals surface area (Å²) in [5.41, 5.74) is 0. The molecule has 0 atom stereocenters. The molecule has 0 aliphatic carbocycles. The standard InChI is InChI=1S/C17H36ClISi/c1-20(2,18)17-15-13-11-9-7-5-3-4-6-8-10-12-14-16-19/h3-17H2,1-2H3. The van der Waals surface area contributed by atoms with Gasteiger partial charge in [-0.15, -0.1) is 0 Å². The average Bonchev–Trinajstić information content (AvgIpc) is 2.38. The van der Waals surface area contributed by atoms with Crippen molar-refractivity contribution in [3.8, 4) is 0 Å². The third-order valence-electron chi connectivity index (χ3n) is 3.90. The average molecular weight is 431 g/mol. The van der Waals surface area contributed by atoms with E-state index in [1.54, 1.807) is 0 Å². The van der Waals surface area contributed by atoms with Crippen molar-refractivity contribution in [2.75, 3.05) is 4.43 Å². The second-order valence-electron chi connectivity index (χ2n) is 6.75. The topological polar surface area (TPSA) is 0 Å². The molecule has 0 fully saturated rings. The smallest absolute Gasteiger partial charge is 0.150 e. The lowest BCUT2D eigenvalue weighted by Crippen LogP contribution is -2.14. The molecule has 0 bridgehead atoms. The molecule has 0 aromatic carbocycles. The van der Waals surface area contributed by atoms with Crippen LogP contribution < -0.4 is 0 Å². The summed E-state index contributed by atoms with van der Waals surface area (Å²) in [4.78, 5) is 0. The molecule has 0 radical (unpaired) electrons. The van der Waals surface area contributed by atoms with Gasteiger partial charge in [-0.25, -0.2) is 0 Å². The number of rotatable bonds is 15. The number of hydrogen-bond donors (Lipinski definition) is 0. The Bertz CT molecular complexity index is 192. The minimum absolute atomic E-state index is 1.29. The van der Waals surface area contributed by atoms with Gasteiger partial charge in [0, 0.05) is 0 Å². The molecule has 0 aromatic heterocycles. The van der Waals surface area contributed by atoms with Gasteiger partial charge in [-0.05, 0) is 16.9 Å². The molecule has 0 spiro atoms. The van der Waals surface area contributed by atoms with Gasteiger partial charge in [0.1, 0.15) is 7.38 Å². The molecule has 0 nitrogen and oxygen atoms in total. The van der Waals surface area contributed by atoms with Gasteiger partial charge in [0.2, 0.25) is 0 Å². The fraction of sp³-hybridized carbons (Fsp3) is 1.00. The van der Waals surface area contributed by atoms with E-state index in [1.807, 2.05) is 0 Å². The van der Waals surface area contributed by atoms with Crippen LogP contribution in [0.25, 0.3) is 0 Å². The normalized spacial score (nSPS) is 12.0. The van der Waals surface area contributed by atoms with Crippen molar-refractivity contribution in [1.82, 2.24) is 0 Å². The van der Waals surface area contributed by atoms with Crippen LogP contribution in [-0.4, -0.2) is 11.8 Å². The second-order valence-corrected chi connectivity index (χ2v) is 14.8. The molecule has 0 unspecified atom stereocenters. The van der Waals surface area contributed by atoms with E-state index in [9.17, 15) is 0 Å². The Hall–Kier alpha value is 1.24. The monoisotopic (exact) mass is 430 g/mol. The van der Waals surface area contributed by atoms with Crippen LogP contribution in [0.5, 0.6) is 0 Å². The quantitative estimate of drug-likeness (QED) is 0.0813. The number of unbranched alkanes of at least 4 members (excludes halogenated alkanes) is 12. The lowest BCUT2D eigenvalue weighted by Gasteiger charge is -2.11. The summed E-state index contributed by atoms with van der Waals surface area (Å²) in [7, 11) is -1.29. The van der Waals surface area contributed by atoms with Gasteiger partial charge in [-0.2, -0.15) is 11.1 Å². The summed E-state index contributed by atoms with van der Waals surface area (Å²) in [5, 5.41) is 0. The highest BCUT2D eigenvalue weighted by atomic mass is 127. The van der Waals surface area contributed by atoms with E-state index in [0.29, 0.717) is 0 Å². The van der Waals surface area contributed by atoms with E-state index in [-0.39, 0.29) is 0 Å². The lowest BCUT2D eigenvalue weighted by molar-refractivity contribution is 0.543. The predicted octanol–water partition coefficient (Wildman–Crippen LogP) is 7.94. The minimum atomic E-state index is -1.29. The fourth-order valence-electron chi connectivity index (χ4n) is 2.58. The second kappa shape index (κ2) is 15.1. The molecule has 0 aliphatic heterocycles. The SMILES string of the molecule is C[Si](C)(Cl)CCCCCCCCCCCCCCCI. The third kappa shape index (κ3) is 19.2. The van der Waals surface area contributed by atoms with Crippen molar-refractivity contribution < 1.29 is 0 Å². The molecule has 0 aliphatic rings. The van der Waals surface area contributed by atoms with Gasteiger partial charge in [-0.3, -0.25) is 0 Å². The van der Waals surface area contributed by atoms with Crippen molar-refractivity contribution >= 4 is 41.1 Å². The van der Waals surface area contributed by atoms with Crippen LogP contribution in [0, 0.1) is 0 Å². The van der Waals surface area contributed by atoms with Gasteiger partial charge >= 0.3 is 0 Å². The van der Waals surface area contributed by atoms with Crippen LogP contribution in [0.1, 0.15) is 83.5 Å². The summed E-state index contributed by atoms with van der Waals surface area (Å²) in [6.07, 6.45) is 18.8. The van der Waals surface area contributed by atoms with E-state index in [4.69, 9.17) is 11.1 Å². The molecule has 0 aromatic rings. The highest BCUT2D eigenvalue weighted by Crippen LogP contribution is 2.19. The maximum Gasteiger partial charge on any atom is 0.150 e. The molecule has 3 heteroatoms. The van der Waals surface area contributed by atoms with Gasteiger partial charge in [-0.1, -0.05) is 113 Å². The lowest BCUT2D eigenvalue weighted by atomic mass is 10.1. The first kappa shape index (κ1) is 21.2. The van der Waals surface area contributed by atoms with Crippen LogP contribution in [0.3, 0.4) is 0 Å². The Morgan fingerprint density at radius 2 is 0.900 bits per heavy atom. The Morgan fingerprint density at radius 3 is 1.20 bits per heavy atom. The van der Waals surface area contributed by atoms with Crippen LogP contribution in [0.4, 0.5) is 0 Å². The first-order valence-electron chi connectivity index (χ1n) is 8.81. The Balaban J connectivity index is 2.99. The maximum atomic E-state index is 6.32. The van der Waals surface area contributed by atoms with Crippen molar-refractivity contribution in [1.29, 1.82) is 0 Å². The Kier molecular flexibility index (Phi) is 16.1. The Labute approximate surface area is 147 Å². The molecule has 0 N–H and O–H groups in total. The molecule has 122 valence electrons. The first-order chi connectivity index (χ1) is 9.56. The van der Waals surface area contributed by atoms with Crippen LogP contribution in [-0.2, 0) is 0 Å². The number of halogens is 2. The van der Waals surface area contributed by atoms with Crippen molar-refractivity contribution in [3.63, 3.8) is 0 Å². The minimum Gasteiger partial charge on any atom is -0.168 e. The van der Waals surface area contributed by atoms with Crippen LogP contribution in [0.15, 0.2) is 0 Å². The molecular formula is C17H36ClISi. The van der Waals surface area contributed by atoms with Gasteiger partial charge in [0.15, 0.2) is 0 Å². The zero-order chi connectivity index (χ0) is 15.1. The summed E-state index contributed by atoms with van der Waals surface area (Å²) in [6.45, 7) is 4.52. The zero-order valence-corrected chi connectivity index (χ0v) is 17.8. The molecule has 0 saturated heterocycles. The molecule has 0 rings (SSSR count). The van der Waals surface area contributed by atoms with Crippen molar-refractivity contribution in [2.45, 2.75) is 103 Å². The van der Waals surface area contributed by atoms with E-state index in [2.05, 4.69) is 35.7 Å². The number of alkyl halides is 1. The van der Waals surface area contributed by atoms with E-state index < -0.39 is 7.38 Å². The molecule has 0 heterocycles. The summed E-state index contributed by atoms with van der Waals surface area (Å²) in [5.74, 6) is 0. The highest BCUT2D eigenvalue weighted by molar-refractivity contribution is 14.1. The zero-order valence-electron chi connectivity index (χ0n) is 13.9. The summed E-state index contributed by atoms with van der Waals surface area (Å²) in [6, 6.07) is 1.30. The Morgan fingerprint density at radius 1 is 0.600 bits per heavy atom. The van der Waals surface area contributed by atoms with Gasteiger partial charge in [0.25, 0.3) is 0 Å². The number of hydrogen-bond acceptors (Lipinski definition) is 0. The largest absolute Gasteiger partial charge is 0.168 e. The van der Waals surface area contributed by atoms with Crippen LogP contribution >= 0.6 is 33.7 Å². The van der Waals surface area contributed by atoms with Crippen molar-refractivity contribution in [2.24, 2.45) is 0 Å². The van der Waals surface area contributed by atoms with Crippen LogP contribution in [0.2, 0.25) is 19.1 Å². The molecular weight excluding hydrogens is 395 g/mol. The molecule has 20 heavy (non-hydrogen) atoms. The fourth-order valence-corrected chi connectivity index (χ4v) is 4.62. The predicted molar refractivity (Wildman–Crippen MR) is 107 cm³/mol. The van der Waals surface area contributed by atoms with Gasteiger partial charge < -0.3 is 0 Å². The maximum absolute atomic E-state index is 6.32. The van der Waals surface area contributed by atoms with E-state index in [1.165, 1.54) is 93.9 Å². The van der Waals surface area contributed by atoms with E-state index >= 15 is 0 Å². The molecule has 0 saturated carbocycles. The third-order valence-corrected chi connectivity index (χ3v) is 6.78. The van der Waals surface area contributed by atoms with Gasteiger partial charge in [0.05, 0.1) is 0 Å². The summed E-state index contributed by atoms with van der Waals surface area (Å²) >= 11 is 8.80. The van der Waals surface area contributed by atoms with E-state index in [0.717, 1.165) is 0 Å². The molecule has 0 amide bonds. The summed E-state index contributed by atoms with van der Waals surface area (Å²) < 4.78 is 1.34. The first-order valence-corrected chi connectivity index (χ1v) is 14.6.